The SMILES string of the molecule is O=C1CCC[C@@H]2C(c3ccccc3)=N[C@H](c3ccccc3)[C@H]12. The van der Waals surface area contributed by atoms with Crippen LogP contribution in [0.25, 0.3) is 0 Å². The number of hydrogen-bond acceptors (Lipinski definition) is 2. The predicted molar refractivity (Wildman–Crippen MR) is 88.0 cm³/mol. The summed E-state index contributed by atoms with van der Waals surface area (Å²) in [7, 11) is 0. The van der Waals surface area contributed by atoms with Gasteiger partial charge < -0.3 is 0 Å². The molecule has 110 valence electrons. The first-order valence-electron chi connectivity index (χ1n) is 8.05. The normalized spacial score (nSPS) is 27.4. The molecule has 3 atom stereocenters. The summed E-state index contributed by atoms with van der Waals surface area (Å²) >= 11 is 0. The number of benzene rings is 2. The lowest BCUT2D eigenvalue weighted by molar-refractivity contribution is -0.125. The van der Waals surface area contributed by atoms with Gasteiger partial charge >= 0.3 is 0 Å². The number of carbonyl (C=O) groups is 1. The molecule has 2 heteroatoms. The average Bonchev–Trinajstić information content (AvgIpc) is 2.98. The second kappa shape index (κ2) is 5.53. The molecule has 0 unspecified atom stereocenters. The van der Waals surface area contributed by atoms with Crippen molar-refractivity contribution in [2.45, 2.75) is 25.3 Å². The number of Topliss-reactive ketones (excluding diaryl/α,β-unsaturated/α-hetero) is 1. The predicted octanol–water partition coefficient (Wildman–Crippen LogP) is 4.22. The van der Waals surface area contributed by atoms with Crippen molar-refractivity contribution in [1.29, 1.82) is 0 Å². The van der Waals surface area contributed by atoms with Crippen molar-refractivity contribution in [2.24, 2.45) is 16.8 Å². The number of aliphatic imine (C=N–C) groups is 1. The van der Waals surface area contributed by atoms with Gasteiger partial charge in [-0.1, -0.05) is 60.7 Å². The van der Waals surface area contributed by atoms with E-state index in [4.69, 9.17) is 4.99 Å². The quantitative estimate of drug-likeness (QED) is 0.814. The maximum Gasteiger partial charge on any atom is 0.139 e. The summed E-state index contributed by atoms with van der Waals surface area (Å²) in [5, 5.41) is 0. The Hall–Kier alpha value is -2.22. The van der Waals surface area contributed by atoms with E-state index in [2.05, 4.69) is 24.3 Å². The third-order valence-corrected chi connectivity index (χ3v) is 4.92. The molecule has 0 spiro atoms. The first kappa shape index (κ1) is 13.4. The molecule has 1 aliphatic heterocycles. The van der Waals surface area contributed by atoms with Gasteiger partial charge in [-0.2, -0.15) is 0 Å². The summed E-state index contributed by atoms with van der Waals surface area (Å²) < 4.78 is 0. The number of nitrogens with zero attached hydrogens (tertiary/aromatic N) is 1. The van der Waals surface area contributed by atoms with Crippen LogP contribution >= 0.6 is 0 Å². The van der Waals surface area contributed by atoms with Crippen LogP contribution in [-0.4, -0.2) is 11.5 Å². The van der Waals surface area contributed by atoms with Gasteiger partial charge in [-0.15, -0.1) is 0 Å². The molecular weight excluding hydrogens is 270 g/mol. The molecule has 0 aromatic heterocycles. The van der Waals surface area contributed by atoms with E-state index in [0.717, 1.165) is 18.6 Å². The minimum atomic E-state index is -0.00536. The monoisotopic (exact) mass is 289 g/mol. The Kier molecular flexibility index (Phi) is 3.38. The van der Waals surface area contributed by atoms with E-state index in [0.29, 0.717) is 12.2 Å². The third-order valence-electron chi connectivity index (χ3n) is 4.92. The maximum atomic E-state index is 12.6. The zero-order valence-electron chi connectivity index (χ0n) is 12.5. The van der Waals surface area contributed by atoms with Gasteiger partial charge in [0.2, 0.25) is 0 Å². The van der Waals surface area contributed by atoms with Crippen molar-refractivity contribution in [1.82, 2.24) is 0 Å². The molecule has 2 aliphatic rings. The van der Waals surface area contributed by atoms with Gasteiger partial charge in [0.1, 0.15) is 5.78 Å². The van der Waals surface area contributed by atoms with Crippen molar-refractivity contribution in [3.8, 4) is 0 Å². The summed E-state index contributed by atoms with van der Waals surface area (Å²) in [5.41, 5.74) is 3.47. The van der Waals surface area contributed by atoms with Gasteiger partial charge in [0, 0.05) is 18.1 Å². The highest BCUT2D eigenvalue weighted by Crippen LogP contribution is 2.46. The molecular formula is C20H19NO. The molecule has 0 saturated heterocycles. The van der Waals surface area contributed by atoms with E-state index in [1.165, 1.54) is 11.1 Å². The molecule has 2 nitrogen and oxygen atoms in total. The minimum Gasteiger partial charge on any atom is -0.299 e. The third kappa shape index (κ3) is 2.19. The van der Waals surface area contributed by atoms with Crippen LogP contribution in [0.4, 0.5) is 0 Å². The summed E-state index contributed by atoms with van der Waals surface area (Å²) in [6, 6.07) is 20.6. The highest BCUT2D eigenvalue weighted by atomic mass is 16.1. The van der Waals surface area contributed by atoms with Gasteiger partial charge in [-0.05, 0) is 24.0 Å². The first-order valence-corrected chi connectivity index (χ1v) is 8.05. The molecule has 0 amide bonds. The lowest BCUT2D eigenvalue weighted by atomic mass is 9.72. The molecule has 4 rings (SSSR count). The number of rotatable bonds is 2. The molecule has 2 aromatic rings. The van der Waals surface area contributed by atoms with Crippen molar-refractivity contribution in [2.75, 3.05) is 0 Å². The lowest BCUT2D eigenvalue weighted by Crippen LogP contribution is -2.32. The second-order valence-corrected chi connectivity index (χ2v) is 6.23. The van der Waals surface area contributed by atoms with E-state index in [1.807, 2.05) is 36.4 Å². The Morgan fingerprint density at radius 2 is 1.59 bits per heavy atom. The van der Waals surface area contributed by atoms with Crippen LogP contribution in [0.5, 0.6) is 0 Å². The van der Waals surface area contributed by atoms with Crippen LogP contribution < -0.4 is 0 Å². The number of ketones is 1. The van der Waals surface area contributed by atoms with Crippen LogP contribution in [0.15, 0.2) is 65.7 Å². The second-order valence-electron chi connectivity index (χ2n) is 6.23. The van der Waals surface area contributed by atoms with E-state index in [1.54, 1.807) is 0 Å². The fraction of sp³-hybridized carbons (Fsp3) is 0.300. The van der Waals surface area contributed by atoms with E-state index >= 15 is 0 Å². The smallest absolute Gasteiger partial charge is 0.139 e. The zero-order chi connectivity index (χ0) is 14.9. The van der Waals surface area contributed by atoms with Crippen LogP contribution in [0.1, 0.15) is 36.4 Å². The Morgan fingerprint density at radius 3 is 2.32 bits per heavy atom. The topological polar surface area (TPSA) is 29.4 Å². The van der Waals surface area contributed by atoms with Crippen molar-refractivity contribution >= 4 is 11.5 Å². The van der Waals surface area contributed by atoms with Crippen LogP contribution in [-0.2, 0) is 4.79 Å². The van der Waals surface area contributed by atoms with Crippen molar-refractivity contribution < 1.29 is 4.79 Å². The Balaban J connectivity index is 1.80. The zero-order valence-corrected chi connectivity index (χ0v) is 12.5. The summed E-state index contributed by atoms with van der Waals surface area (Å²) in [4.78, 5) is 17.6. The molecule has 1 fully saturated rings. The van der Waals surface area contributed by atoms with Gasteiger partial charge in [-0.25, -0.2) is 0 Å². The van der Waals surface area contributed by atoms with Gasteiger partial charge in [-0.3, -0.25) is 9.79 Å². The molecule has 0 bridgehead atoms. The molecule has 22 heavy (non-hydrogen) atoms. The van der Waals surface area contributed by atoms with Crippen molar-refractivity contribution in [3.63, 3.8) is 0 Å². The molecule has 0 radical (unpaired) electrons. The van der Waals surface area contributed by atoms with E-state index in [9.17, 15) is 4.79 Å². The Labute approximate surface area is 130 Å². The Bertz CT molecular complexity index is 705. The van der Waals surface area contributed by atoms with Crippen molar-refractivity contribution in [3.05, 3.63) is 71.8 Å². The van der Waals surface area contributed by atoms with Gasteiger partial charge in [0.15, 0.2) is 0 Å². The molecule has 1 heterocycles. The number of carbonyl (C=O) groups excluding carboxylic acids is 1. The standard InChI is InChI=1S/C20H19NO/c22-17-13-7-12-16-18(17)20(15-10-5-2-6-11-15)21-19(16)14-8-3-1-4-9-14/h1-6,8-11,16,18,20H,7,12-13H2/t16-,18-,20+/m0/s1. The highest BCUT2D eigenvalue weighted by Gasteiger charge is 2.45. The Morgan fingerprint density at radius 1 is 0.909 bits per heavy atom. The molecule has 1 saturated carbocycles. The largest absolute Gasteiger partial charge is 0.299 e. The van der Waals surface area contributed by atoms with Gasteiger partial charge in [0.25, 0.3) is 0 Å². The van der Waals surface area contributed by atoms with Crippen LogP contribution in [0.2, 0.25) is 0 Å². The van der Waals surface area contributed by atoms with Crippen LogP contribution in [0, 0.1) is 11.8 Å². The van der Waals surface area contributed by atoms with E-state index < -0.39 is 0 Å². The first-order chi connectivity index (χ1) is 10.8. The fourth-order valence-electron chi connectivity index (χ4n) is 3.93. The minimum absolute atomic E-state index is 0.00536. The van der Waals surface area contributed by atoms with Crippen LogP contribution in [0.3, 0.4) is 0 Å². The molecule has 2 aromatic carbocycles. The van der Waals surface area contributed by atoms with E-state index in [-0.39, 0.29) is 17.9 Å². The average molecular weight is 289 g/mol. The number of fused-ring (bicyclic) bond motifs is 1. The molecule has 1 aliphatic carbocycles. The highest BCUT2D eigenvalue weighted by molar-refractivity contribution is 6.07. The fourth-order valence-corrected chi connectivity index (χ4v) is 3.93. The summed E-state index contributed by atoms with van der Waals surface area (Å²) in [6.07, 6.45) is 2.78. The lowest BCUT2D eigenvalue weighted by Gasteiger charge is -2.28. The summed E-state index contributed by atoms with van der Waals surface area (Å²) in [6.45, 7) is 0. The maximum absolute atomic E-state index is 12.6. The molecule has 0 N–H and O–H groups in total. The number of hydrogen-bond donors (Lipinski definition) is 0. The summed E-state index contributed by atoms with van der Waals surface area (Å²) in [5.74, 6) is 0.708. The van der Waals surface area contributed by atoms with Gasteiger partial charge in [0.05, 0.1) is 12.0 Å².